The molecule has 1 atom stereocenters. The standard InChI is InChI=1S/C20H23N5O3S/c1-14-19(15(2)25(23-14)18-8-9-29(27,28)13-18)22-20(26)17-10-21-24(12-17)11-16-6-4-3-5-7-16/h3-7,10,12,18H,8-9,11,13H2,1-2H3,(H,22,26). The highest BCUT2D eigenvalue weighted by Gasteiger charge is 2.31. The molecule has 1 amide bonds. The van der Waals surface area contributed by atoms with Gasteiger partial charge < -0.3 is 5.32 Å². The molecule has 8 nitrogen and oxygen atoms in total. The molecule has 1 aliphatic rings. The van der Waals surface area contributed by atoms with Crippen LogP contribution >= 0.6 is 0 Å². The van der Waals surface area contributed by atoms with Crippen molar-refractivity contribution in [1.82, 2.24) is 19.6 Å². The van der Waals surface area contributed by atoms with Crippen molar-refractivity contribution in [2.24, 2.45) is 0 Å². The molecule has 1 saturated heterocycles. The van der Waals surface area contributed by atoms with Gasteiger partial charge in [-0.25, -0.2) is 8.42 Å². The third-order valence-electron chi connectivity index (χ3n) is 5.20. The predicted molar refractivity (Wildman–Crippen MR) is 110 cm³/mol. The van der Waals surface area contributed by atoms with Crippen LogP contribution in [0.5, 0.6) is 0 Å². The number of amides is 1. The predicted octanol–water partition coefficient (Wildman–Crippen LogP) is 2.36. The summed E-state index contributed by atoms with van der Waals surface area (Å²) in [7, 11) is -3.01. The van der Waals surface area contributed by atoms with Crippen molar-refractivity contribution in [1.29, 1.82) is 0 Å². The molecular weight excluding hydrogens is 390 g/mol. The average molecular weight is 414 g/mol. The fourth-order valence-corrected chi connectivity index (χ4v) is 5.38. The Balaban J connectivity index is 1.49. The van der Waals surface area contributed by atoms with Crippen LogP contribution in [0, 0.1) is 13.8 Å². The smallest absolute Gasteiger partial charge is 0.258 e. The average Bonchev–Trinajstić information content (AvgIpc) is 3.36. The van der Waals surface area contributed by atoms with E-state index in [1.165, 1.54) is 6.20 Å². The maximum Gasteiger partial charge on any atom is 0.258 e. The first-order valence-corrected chi connectivity index (χ1v) is 11.3. The number of rotatable bonds is 5. The second-order valence-corrected chi connectivity index (χ2v) is 9.64. The Morgan fingerprint density at radius 3 is 2.69 bits per heavy atom. The van der Waals surface area contributed by atoms with E-state index in [9.17, 15) is 13.2 Å². The third-order valence-corrected chi connectivity index (χ3v) is 6.95. The number of anilines is 1. The van der Waals surface area contributed by atoms with Gasteiger partial charge in [0.25, 0.3) is 5.91 Å². The summed E-state index contributed by atoms with van der Waals surface area (Å²) < 4.78 is 27.0. The number of benzene rings is 1. The van der Waals surface area contributed by atoms with Crippen LogP contribution in [0.2, 0.25) is 0 Å². The van der Waals surface area contributed by atoms with Crippen LogP contribution in [0.15, 0.2) is 42.7 Å². The molecule has 2 aromatic heterocycles. The first kappa shape index (κ1) is 19.4. The lowest BCUT2D eigenvalue weighted by Gasteiger charge is -2.11. The van der Waals surface area contributed by atoms with E-state index in [0.29, 0.717) is 29.9 Å². The van der Waals surface area contributed by atoms with E-state index in [4.69, 9.17) is 0 Å². The zero-order chi connectivity index (χ0) is 20.6. The fraction of sp³-hybridized carbons (Fsp3) is 0.350. The van der Waals surface area contributed by atoms with E-state index in [-0.39, 0.29) is 23.5 Å². The zero-order valence-electron chi connectivity index (χ0n) is 16.4. The van der Waals surface area contributed by atoms with Crippen LogP contribution in [0.25, 0.3) is 0 Å². The van der Waals surface area contributed by atoms with Gasteiger partial charge in [0.05, 0.1) is 52.9 Å². The molecule has 1 fully saturated rings. The molecule has 3 aromatic rings. The maximum atomic E-state index is 12.7. The van der Waals surface area contributed by atoms with Crippen LogP contribution < -0.4 is 5.32 Å². The number of aromatic nitrogens is 4. The van der Waals surface area contributed by atoms with Crippen LogP contribution in [0.3, 0.4) is 0 Å². The number of carbonyl (C=O) groups is 1. The second kappa shape index (κ2) is 7.47. The molecule has 0 aliphatic carbocycles. The number of hydrogen-bond acceptors (Lipinski definition) is 5. The summed E-state index contributed by atoms with van der Waals surface area (Å²) >= 11 is 0. The molecule has 9 heteroatoms. The molecule has 4 rings (SSSR count). The molecule has 0 bridgehead atoms. The van der Waals surface area contributed by atoms with Crippen LogP contribution in [-0.2, 0) is 16.4 Å². The Morgan fingerprint density at radius 1 is 1.24 bits per heavy atom. The van der Waals surface area contributed by atoms with Crippen molar-refractivity contribution in [3.05, 3.63) is 65.2 Å². The Kier molecular flexibility index (Phi) is 4.99. The molecular formula is C20H23N5O3S. The summed E-state index contributed by atoms with van der Waals surface area (Å²) in [6, 6.07) is 9.71. The number of nitrogens with zero attached hydrogens (tertiary/aromatic N) is 4. The van der Waals surface area contributed by atoms with Gasteiger partial charge in [-0.1, -0.05) is 30.3 Å². The van der Waals surface area contributed by atoms with Crippen molar-refractivity contribution in [2.45, 2.75) is 32.9 Å². The zero-order valence-corrected chi connectivity index (χ0v) is 17.2. The fourth-order valence-electron chi connectivity index (χ4n) is 3.69. The Labute approximate surface area is 169 Å². The summed E-state index contributed by atoms with van der Waals surface area (Å²) in [5.41, 5.74) is 3.60. The van der Waals surface area contributed by atoms with Crippen LogP contribution in [0.1, 0.15) is 39.8 Å². The second-order valence-electron chi connectivity index (χ2n) is 7.41. The summed E-state index contributed by atoms with van der Waals surface area (Å²) in [6.45, 7) is 4.24. The minimum Gasteiger partial charge on any atom is -0.319 e. The van der Waals surface area contributed by atoms with Crippen LogP contribution in [-0.4, -0.2) is 45.4 Å². The lowest BCUT2D eigenvalue weighted by molar-refractivity contribution is 0.102. The van der Waals surface area contributed by atoms with E-state index >= 15 is 0 Å². The van der Waals surface area contributed by atoms with Gasteiger partial charge in [-0.15, -0.1) is 0 Å². The number of carbonyl (C=O) groups excluding carboxylic acids is 1. The first-order chi connectivity index (χ1) is 13.8. The quantitative estimate of drug-likeness (QED) is 0.692. The monoisotopic (exact) mass is 413 g/mol. The summed E-state index contributed by atoms with van der Waals surface area (Å²) in [5.74, 6) is 0.00140. The van der Waals surface area contributed by atoms with E-state index in [0.717, 1.165) is 11.3 Å². The summed E-state index contributed by atoms with van der Waals surface area (Å²) in [4.78, 5) is 12.7. The SMILES string of the molecule is Cc1nn(C2CCS(=O)(=O)C2)c(C)c1NC(=O)c1cnn(Cc2ccccc2)c1. The minimum atomic E-state index is -3.01. The lowest BCUT2D eigenvalue weighted by Crippen LogP contribution is -2.15. The molecule has 1 N–H and O–H groups in total. The highest BCUT2D eigenvalue weighted by atomic mass is 32.2. The highest BCUT2D eigenvalue weighted by molar-refractivity contribution is 7.91. The highest BCUT2D eigenvalue weighted by Crippen LogP contribution is 2.29. The molecule has 1 aromatic carbocycles. The van der Waals surface area contributed by atoms with Crippen molar-refractivity contribution in [3.8, 4) is 0 Å². The Hall–Kier alpha value is -2.94. The van der Waals surface area contributed by atoms with Crippen molar-refractivity contribution in [2.75, 3.05) is 16.8 Å². The number of aryl methyl sites for hydroxylation is 1. The number of hydrogen-bond donors (Lipinski definition) is 1. The molecule has 3 heterocycles. The Bertz CT molecular complexity index is 1150. The number of nitrogens with one attached hydrogen (secondary N) is 1. The van der Waals surface area contributed by atoms with Gasteiger partial charge >= 0.3 is 0 Å². The topological polar surface area (TPSA) is 98.9 Å². The van der Waals surface area contributed by atoms with Gasteiger partial charge in [0.1, 0.15) is 0 Å². The molecule has 0 radical (unpaired) electrons. The maximum absolute atomic E-state index is 12.7. The Morgan fingerprint density at radius 2 is 2.00 bits per heavy atom. The van der Waals surface area contributed by atoms with Crippen molar-refractivity contribution in [3.63, 3.8) is 0 Å². The van der Waals surface area contributed by atoms with Gasteiger partial charge in [-0.05, 0) is 25.8 Å². The normalized spacial score (nSPS) is 18.1. The van der Waals surface area contributed by atoms with Crippen molar-refractivity contribution >= 4 is 21.4 Å². The third kappa shape index (κ3) is 4.09. The van der Waals surface area contributed by atoms with Gasteiger partial charge in [0.2, 0.25) is 0 Å². The molecule has 0 saturated carbocycles. The molecule has 152 valence electrons. The minimum absolute atomic E-state index is 0.0919. The van der Waals surface area contributed by atoms with Gasteiger partial charge in [-0.2, -0.15) is 10.2 Å². The summed E-state index contributed by atoms with van der Waals surface area (Å²) in [6.07, 6.45) is 3.79. The van der Waals surface area contributed by atoms with Gasteiger partial charge in [0.15, 0.2) is 9.84 Å². The van der Waals surface area contributed by atoms with Crippen molar-refractivity contribution < 1.29 is 13.2 Å². The van der Waals surface area contributed by atoms with E-state index in [2.05, 4.69) is 15.5 Å². The van der Waals surface area contributed by atoms with Crippen LogP contribution in [0.4, 0.5) is 5.69 Å². The first-order valence-electron chi connectivity index (χ1n) is 9.46. The van der Waals surface area contributed by atoms with Gasteiger partial charge in [0, 0.05) is 6.20 Å². The van der Waals surface area contributed by atoms with E-state index < -0.39 is 9.84 Å². The number of sulfone groups is 1. The molecule has 29 heavy (non-hydrogen) atoms. The molecule has 1 unspecified atom stereocenters. The van der Waals surface area contributed by atoms with E-state index in [1.54, 1.807) is 22.5 Å². The largest absolute Gasteiger partial charge is 0.319 e. The lowest BCUT2D eigenvalue weighted by atomic mass is 10.2. The molecule has 1 aliphatic heterocycles. The van der Waals surface area contributed by atoms with E-state index in [1.807, 2.05) is 37.3 Å². The molecule has 0 spiro atoms. The van der Waals surface area contributed by atoms with Gasteiger partial charge in [-0.3, -0.25) is 14.2 Å². The summed E-state index contributed by atoms with van der Waals surface area (Å²) in [5, 5.41) is 11.7.